The molecule has 2 atom stereocenters. The Labute approximate surface area is 98.6 Å². The summed E-state index contributed by atoms with van der Waals surface area (Å²) in [5.74, 6) is -0.596. The molecule has 0 aliphatic rings. The fraction of sp³-hybridized carbons (Fsp3) is 0.333. The van der Waals surface area contributed by atoms with E-state index < -0.39 is 18.2 Å². The Morgan fingerprint density at radius 2 is 1.94 bits per heavy atom. The van der Waals surface area contributed by atoms with Crippen LogP contribution in [0.2, 0.25) is 0 Å². The van der Waals surface area contributed by atoms with Crippen molar-refractivity contribution in [1.29, 1.82) is 0 Å². The number of benzene rings is 1. The molecule has 0 fully saturated rings. The standard InChI is InChI=1S/C12H14O5/c1-17-11(15)6-10(14)12(16)9-4-2-8(7-13)3-5-9/h2-5,7,10,12,14,16H,6H2,1H3. The number of aliphatic hydroxyl groups is 2. The number of carbonyl (C=O) groups is 2. The molecular weight excluding hydrogens is 224 g/mol. The van der Waals surface area contributed by atoms with Gasteiger partial charge in [-0.05, 0) is 5.56 Å². The van der Waals surface area contributed by atoms with Crippen LogP contribution in [-0.4, -0.2) is 35.7 Å². The topological polar surface area (TPSA) is 83.8 Å². The molecule has 1 aromatic carbocycles. The molecule has 1 rings (SSSR count). The largest absolute Gasteiger partial charge is 0.469 e. The zero-order valence-electron chi connectivity index (χ0n) is 9.37. The second-order valence-corrected chi connectivity index (χ2v) is 3.58. The minimum absolute atomic E-state index is 0.285. The molecule has 0 saturated heterocycles. The van der Waals surface area contributed by atoms with Crippen molar-refractivity contribution in [2.75, 3.05) is 7.11 Å². The fourth-order valence-electron chi connectivity index (χ4n) is 1.36. The highest BCUT2D eigenvalue weighted by molar-refractivity contribution is 5.74. The maximum absolute atomic E-state index is 10.9. The highest BCUT2D eigenvalue weighted by atomic mass is 16.5. The van der Waals surface area contributed by atoms with Gasteiger partial charge in [0.2, 0.25) is 0 Å². The third-order valence-electron chi connectivity index (χ3n) is 2.38. The number of aliphatic hydroxyl groups excluding tert-OH is 2. The van der Waals surface area contributed by atoms with Gasteiger partial charge in [0, 0.05) is 5.56 Å². The summed E-state index contributed by atoms with van der Waals surface area (Å²) in [5, 5.41) is 19.3. The summed E-state index contributed by atoms with van der Waals surface area (Å²) in [6.45, 7) is 0. The maximum atomic E-state index is 10.9. The smallest absolute Gasteiger partial charge is 0.308 e. The molecular formula is C12H14O5. The Balaban J connectivity index is 2.70. The van der Waals surface area contributed by atoms with Gasteiger partial charge in [-0.2, -0.15) is 0 Å². The number of rotatable bonds is 5. The van der Waals surface area contributed by atoms with Gasteiger partial charge in [-0.3, -0.25) is 9.59 Å². The summed E-state index contributed by atoms with van der Waals surface area (Å²) in [6.07, 6.45) is -2.02. The molecule has 0 amide bonds. The average molecular weight is 238 g/mol. The molecule has 0 aliphatic carbocycles. The summed E-state index contributed by atoms with van der Waals surface area (Å²) >= 11 is 0. The highest BCUT2D eigenvalue weighted by Crippen LogP contribution is 2.19. The first-order valence-corrected chi connectivity index (χ1v) is 5.06. The average Bonchev–Trinajstić information content (AvgIpc) is 2.37. The molecule has 5 heteroatoms. The molecule has 92 valence electrons. The Morgan fingerprint density at radius 3 is 2.41 bits per heavy atom. The minimum atomic E-state index is -1.23. The quantitative estimate of drug-likeness (QED) is 0.575. The predicted octanol–water partition coefficient (Wildman–Crippen LogP) is 0.457. The third-order valence-corrected chi connectivity index (χ3v) is 2.38. The number of carbonyl (C=O) groups excluding carboxylic acids is 2. The minimum Gasteiger partial charge on any atom is -0.469 e. The van der Waals surface area contributed by atoms with Crippen molar-refractivity contribution < 1.29 is 24.5 Å². The van der Waals surface area contributed by atoms with E-state index in [1.807, 2.05) is 0 Å². The van der Waals surface area contributed by atoms with Crippen molar-refractivity contribution >= 4 is 12.3 Å². The van der Waals surface area contributed by atoms with E-state index in [4.69, 9.17) is 0 Å². The van der Waals surface area contributed by atoms with Gasteiger partial charge in [0.15, 0.2) is 0 Å². The van der Waals surface area contributed by atoms with Gasteiger partial charge in [-0.25, -0.2) is 0 Å². The molecule has 0 saturated carbocycles. The molecule has 0 spiro atoms. The van der Waals surface area contributed by atoms with Crippen molar-refractivity contribution in [2.24, 2.45) is 0 Å². The summed E-state index contributed by atoms with van der Waals surface area (Å²) in [7, 11) is 1.21. The van der Waals surface area contributed by atoms with Crippen molar-refractivity contribution in [2.45, 2.75) is 18.6 Å². The molecule has 5 nitrogen and oxygen atoms in total. The number of ether oxygens (including phenoxy) is 1. The number of hydrogen-bond donors (Lipinski definition) is 2. The number of aldehydes is 1. The van der Waals surface area contributed by atoms with Gasteiger partial charge in [0.05, 0.1) is 19.6 Å². The van der Waals surface area contributed by atoms with Gasteiger partial charge >= 0.3 is 5.97 Å². The van der Waals surface area contributed by atoms with E-state index in [1.54, 1.807) is 0 Å². The van der Waals surface area contributed by atoms with Gasteiger partial charge < -0.3 is 14.9 Å². The van der Waals surface area contributed by atoms with E-state index in [9.17, 15) is 19.8 Å². The molecule has 0 aromatic heterocycles. The Morgan fingerprint density at radius 1 is 1.35 bits per heavy atom. The van der Waals surface area contributed by atoms with Crippen LogP contribution in [0.1, 0.15) is 28.4 Å². The summed E-state index contributed by atoms with van der Waals surface area (Å²) < 4.78 is 4.39. The second kappa shape index (κ2) is 6.12. The van der Waals surface area contributed by atoms with E-state index in [0.717, 1.165) is 0 Å². The van der Waals surface area contributed by atoms with Crippen LogP contribution in [0.5, 0.6) is 0 Å². The Kier molecular flexibility index (Phi) is 4.81. The van der Waals surface area contributed by atoms with Crippen LogP contribution in [0.3, 0.4) is 0 Å². The normalized spacial score (nSPS) is 13.8. The second-order valence-electron chi connectivity index (χ2n) is 3.58. The van der Waals surface area contributed by atoms with Crippen LogP contribution >= 0.6 is 0 Å². The summed E-state index contributed by atoms with van der Waals surface area (Å²) in [5.41, 5.74) is 0.912. The van der Waals surface area contributed by atoms with Crippen LogP contribution in [0, 0.1) is 0 Å². The number of methoxy groups -OCH3 is 1. The summed E-state index contributed by atoms with van der Waals surface area (Å²) in [4.78, 5) is 21.4. The lowest BCUT2D eigenvalue weighted by Crippen LogP contribution is -2.22. The lowest BCUT2D eigenvalue weighted by atomic mass is 10.0. The molecule has 0 heterocycles. The Hall–Kier alpha value is -1.72. The first kappa shape index (κ1) is 13.3. The molecule has 1 aromatic rings. The SMILES string of the molecule is COC(=O)CC(O)C(O)c1ccc(C=O)cc1. The number of esters is 1. The zero-order valence-corrected chi connectivity index (χ0v) is 9.37. The molecule has 0 aliphatic heterocycles. The maximum Gasteiger partial charge on any atom is 0.308 e. The first-order chi connectivity index (χ1) is 8.08. The van der Waals surface area contributed by atoms with E-state index in [0.29, 0.717) is 17.4 Å². The van der Waals surface area contributed by atoms with Crippen LogP contribution in [0.4, 0.5) is 0 Å². The monoisotopic (exact) mass is 238 g/mol. The lowest BCUT2D eigenvalue weighted by molar-refractivity contribution is -0.144. The van der Waals surface area contributed by atoms with Crippen molar-refractivity contribution in [3.05, 3.63) is 35.4 Å². The van der Waals surface area contributed by atoms with Crippen molar-refractivity contribution in [3.8, 4) is 0 Å². The van der Waals surface area contributed by atoms with Gasteiger partial charge in [0.1, 0.15) is 12.4 Å². The lowest BCUT2D eigenvalue weighted by Gasteiger charge is -2.17. The molecule has 17 heavy (non-hydrogen) atoms. The van der Waals surface area contributed by atoms with Crippen LogP contribution in [-0.2, 0) is 9.53 Å². The fourth-order valence-corrected chi connectivity index (χ4v) is 1.36. The van der Waals surface area contributed by atoms with Gasteiger partial charge in [0.25, 0.3) is 0 Å². The van der Waals surface area contributed by atoms with Crippen LogP contribution in [0.15, 0.2) is 24.3 Å². The highest BCUT2D eigenvalue weighted by Gasteiger charge is 2.21. The van der Waals surface area contributed by atoms with E-state index in [2.05, 4.69) is 4.74 Å². The zero-order chi connectivity index (χ0) is 12.8. The van der Waals surface area contributed by atoms with E-state index in [1.165, 1.54) is 31.4 Å². The van der Waals surface area contributed by atoms with Gasteiger partial charge in [-0.1, -0.05) is 24.3 Å². The van der Waals surface area contributed by atoms with Gasteiger partial charge in [-0.15, -0.1) is 0 Å². The van der Waals surface area contributed by atoms with Crippen LogP contribution < -0.4 is 0 Å². The van der Waals surface area contributed by atoms with Crippen molar-refractivity contribution in [1.82, 2.24) is 0 Å². The number of hydrogen-bond acceptors (Lipinski definition) is 5. The predicted molar refractivity (Wildman–Crippen MR) is 59.4 cm³/mol. The van der Waals surface area contributed by atoms with Crippen LogP contribution in [0.25, 0.3) is 0 Å². The third kappa shape index (κ3) is 3.65. The molecule has 2 unspecified atom stereocenters. The first-order valence-electron chi connectivity index (χ1n) is 5.06. The van der Waals surface area contributed by atoms with E-state index >= 15 is 0 Å². The molecule has 0 radical (unpaired) electrons. The summed E-state index contributed by atoms with van der Waals surface area (Å²) in [6, 6.07) is 6.09. The Bertz CT molecular complexity index is 384. The van der Waals surface area contributed by atoms with Crippen molar-refractivity contribution in [3.63, 3.8) is 0 Å². The molecule has 0 bridgehead atoms. The molecule has 2 N–H and O–H groups in total. The van der Waals surface area contributed by atoms with E-state index in [-0.39, 0.29) is 6.42 Å².